The first-order valence-electron chi connectivity index (χ1n) is 5.11. The largest absolute Gasteiger partial charge is 0.397 e. The van der Waals surface area contributed by atoms with Crippen LogP contribution in [0.25, 0.3) is 0 Å². The SMILES string of the molecule is Cc1cc2c(c(N)c1N)CCC2(C)C. The highest BCUT2D eigenvalue weighted by Crippen LogP contribution is 2.43. The predicted octanol–water partition coefficient (Wildman–Crippen LogP) is 2.38. The van der Waals surface area contributed by atoms with Gasteiger partial charge in [-0.05, 0) is 41.9 Å². The van der Waals surface area contributed by atoms with Gasteiger partial charge in [0.15, 0.2) is 0 Å². The van der Waals surface area contributed by atoms with Gasteiger partial charge >= 0.3 is 0 Å². The third kappa shape index (κ3) is 1.10. The highest BCUT2D eigenvalue weighted by molar-refractivity contribution is 5.74. The second kappa shape index (κ2) is 2.66. The normalized spacial score (nSPS) is 18.2. The first kappa shape index (κ1) is 9.38. The molecule has 76 valence electrons. The summed E-state index contributed by atoms with van der Waals surface area (Å²) in [6, 6.07) is 2.20. The molecule has 0 bridgehead atoms. The highest BCUT2D eigenvalue weighted by Gasteiger charge is 2.31. The van der Waals surface area contributed by atoms with Gasteiger partial charge in [-0.1, -0.05) is 19.9 Å². The van der Waals surface area contributed by atoms with Crippen molar-refractivity contribution < 1.29 is 0 Å². The summed E-state index contributed by atoms with van der Waals surface area (Å²) < 4.78 is 0. The Labute approximate surface area is 85.3 Å². The smallest absolute Gasteiger partial charge is 0.0586 e. The molecule has 0 saturated carbocycles. The van der Waals surface area contributed by atoms with Gasteiger partial charge in [0, 0.05) is 0 Å². The van der Waals surface area contributed by atoms with Gasteiger partial charge in [-0.3, -0.25) is 0 Å². The number of fused-ring (bicyclic) bond motifs is 1. The summed E-state index contributed by atoms with van der Waals surface area (Å²) in [6.45, 7) is 6.57. The maximum atomic E-state index is 6.03. The van der Waals surface area contributed by atoms with E-state index in [0.29, 0.717) is 0 Å². The van der Waals surface area contributed by atoms with Gasteiger partial charge < -0.3 is 11.5 Å². The molecule has 0 heterocycles. The average molecular weight is 190 g/mol. The molecule has 2 nitrogen and oxygen atoms in total. The van der Waals surface area contributed by atoms with Crippen LogP contribution in [-0.2, 0) is 11.8 Å². The summed E-state index contributed by atoms with van der Waals surface area (Å²) in [7, 11) is 0. The number of hydrogen-bond donors (Lipinski definition) is 2. The molecule has 0 radical (unpaired) electrons. The summed E-state index contributed by atoms with van der Waals surface area (Å²) in [5, 5.41) is 0. The Balaban J connectivity index is 2.71. The molecule has 0 spiro atoms. The molecule has 1 aliphatic rings. The Hall–Kier alpha value is -1.18. The van der Waals surface area contributed by atoms with Crippen molar-refractivity contribution in [3.8, 4) is 0 Å². The maximum Gasteiger partial charge on any atom is 0.0586 e. The van der Waals surface area contributed by atoms with Crippen LogP contribution in [-0.4, -0.2) is 0 Å². The van der Waals surface area contributed by atoms with Crippen molar-refractivity contribution in [3.63, 3.8) is 0 Å². The second-order valence-electron chi connectivity index (χ2n) is 4.93. The third-order valence-electron chi connectivity index (χ3n) is 3.46. The van der Waals surface area contributed by atoms with Crippen LogP contribution in [0, 0.1) is 6.92 Å². The van der Waals surface area contributed by atoms with Crippen molar-refractivity contribution >= 4 is 11.4 Å². The number of benzene rings is 1. The highest BCUT2D eigenvalue weighted by atomic mass is 14.7. The minimum atomic E-state index is 0.266. The van der Waals surface area contributed by atoms with Crippen molar-refractivity contribution in [3.05, 3.63) is 22.8 Å². The topological polar surface area (TPSA) is 52.0 Å². The van der Waals surface area contributed by atoms with E-state index >= 15 is 0 Å². The summed E-state index contributed by atoms with van der Waals surface area (Å²) in [5.74, 6) is 0. The fraction of sp³-hybridized carbons (Fsp3) is 0.500. The lowest BCUT2D eigenvalue weighted by atomic mass is 9.85. The number of nitrogens with two attached hydrogens (primary N) is 2. The molecule has 14 heavy (non-hydrogen) atoms. The van der Waals surface area contributed by atoms with Gasteiger partial charge in [0.05, 0.1) is 11.4 Å². The van der Waals surface area contributed by atoms with Gasteiger partial charge in [0.2, 0.25) is 0 Å². The molecule has 1 aromatic carbocycles. The van der Waals surface area contributed by atoms with Crippen LogP contribution in [0.5, 0.6) is 0 Å². The number of nitrogen functional groups attached to an aromatic ring is 2. The quantitative estimate of drug-likeness (QED) is 0.617. The lowest BCUT2D eigenvalue weighted by Gasteiger charge is -2.20. The molecule has 0 amide bonds. The molecule has 0 saturated heterocycles. The number of hydrogen-bond acceptors (Lipinski definition) is 2. The monoisotopic (exact) mass is 190 g/mol. The van der Waals surface area contributed by atoms with E-state index in [0.717, 1.165) is 23.4 Å². The molecule has 4 N–H and O–H groups in total. The summed E-state index contributed by atoms with van der Waals surface area (Å²) in [5.41, 5.74) is 17.6. The van der Waals surface area contributed by atoms with Crippen LogP contribution >= 0.6 is 0 Å². The van der Waals surface area contributed by atoms with E-state index in [1.807, 2.05) is 6.92 Å². The summed E-state index contributed by atoms with van der Waals surface area (Å²) in [4.78, 5) is 0. The van der Waals surface area contributed by atoms with E-state index in [1.54, 1.807) is 0 Å². The Bertz CT molecular complexity index is 392. The fourth-order valence-corrected chi connectivity index (χ4v) is 2.35. The molecule has 0 atom stereocenters. The first-order valence-corrected chi connectivity index (χ1v) is 5.11. The van der Waals surface area contributed by atoms with E-state index in [4.69, 9.17) is 11.5 Å². The standard InChI is InChI=1S/C12H18N2/c1-7-6-9-8(11(14)10(7)13)4-5-12(9,2)3/h6H,4-5,13-14H2,1-3H3. The van der Waals surface area contributed by atoms with Crippen LogP contribution in [0.2, 0.25) is 0 Å². The van der Waals surface area contributed by atoms with Gasteiger partial charge in [-0.25, -0.2) is 0 Å². The molecular weight excluding hydrogens is 172 g/mol. The molecule has 2 heteroatoms. The molecule has 1 aliphatic carbocycles. The lowest BCUT2D eigenvalue weighted by Crippen LogP contribution is -2.13. The Morgan fingerprint density at radius 2 is 1.86 bits per heavy atom. The van der Waals surface area contributed by atoms with E-state index in [9.17, 15) is 0 Å². The second-order valence-corrected chi connectivity index (χ2v) is 4.93. The Morgan fingerprint density at radius 1 is 1.21 bits per heavy atom. The molecule has 1 aromatic rings. The predicted molar refractivity (Wildman–Crippen MR) is 61.4 cm³/mol. The Morgan fingerprint density at radius 3 is 2.50 bits per heavy atom. The van der Waals surface area contributed by atoms with Crippen LogP contribution in [0.1, 0.15) is 37.0 Å². The van der Waals surface area contributed by atoms with Crippen LogP contribution in [0.4, 0.5) is 11.4 Å². The van der Waals surface area contributed by atoms with Crippen LogP contribution in [0.15, 0.2) is 6.07 Å². The van der Waals surface area contributed by atoms with Crippen molar-refractivity contribution in [1.29, 1.82) is 0 Å². The number of rotatable bonds is 0. The summed E-state index contributed by atoms with van der Waals surface area (Å²) >= 11 is 0. The van der Waals surface area contributed by atoms with E-state index in [1.165, 1.54) is 17.5 Å². The van der Waals surface area contributed by atoms with Gasteiger partial charge in [0.25, 0.3) is 0 Å². The summed E-state index contributed by atoms with van der Waals surface area (Å²) in [6.07, 6.45) is 2.24. The Kier molecular flexibility index (Phi) is 1.78. The van der Waals surface area contributed by atoms with Gasteiger partial charge in [-0.2, -0.15) is 0 Å². The van der Waals surface area contributed by atoms with E-state index in [2.05, 4.69) is 19.9 Å². The lowest BCUT2D eigenvalue weighted by molar-refractivity contribution is 0.522. The van der Waals surface area contributed by atoms with Gasteiger partial charge in [0.1, 0.15) is 0 Å². The first-order chi connectivity index (χ1) is 6.43. The van der Waals surface area contributed by atoms with E-state index in [-0.39, 0.29) is 5.41 Å². The fourth-order valence-electron chi connectivity index (χ4n) is 2.35. The zero-order chi connectivity index (χ0) is 10.5. The number of aryl methyl sites for hydroxylation is 1. The molecule has 0 aromatic heterocycles. The van der Waals surface area contributed by atoms with Crippen molar-refractivity contribution in [1.82, 2.24) is 0 Å². The minimum Gasteiger partial charge on any atom is -0.397 e. The van der Waals surface area contributed by atoms with Crippen LogP contribution < -0.4 is 11.5 Å². The average Bonchev–Trinajstić information content (AvgIpc) is 2.39. The van der Waals surface area contributed by atoms with E-state index < -0.39 is 0 Å². The molecule has 2 rings (SSSR count). The molecule has 0 aliphatic heterocycles. The van der Waals surface area contributed by atoms with Crippen LogP contribution in [0.3, 0.4) is 0 Å². The molecule has 0 unspecified atom stereocenters. The van der Waals surface area contributed by atoms with Crippen molar-refractivity contribution in [2.45, 2.75) is 39.0 Å². The molecular formula is C12H18N2. The number of anilines is 2. The van der Waals surface area contributed by atoms with Gasteiger partial charge in [-0.15, -0.1) is 0 Å². The van der Waals surface area contributed by atoms with Crippen molar-refractivity contribution in [2.24, 2.45) is 0 Å². The maximum absolute atomic E-state index is 6.03. The minimum absolute atomic E-state index is 0.266. The van der Waals surface area contributed by atoms with Crippen molar-refractivity contribution in [2.75, 3.05) is 11.5 Å². The third-order valence-corrected chi connectivity index (χ3v) is 3.46. The zero-order valence-corrected chi connectivity index (χ0v) is 9.15. The molecule has 0 fully saturated rings. The zero-order valence-electron chi connectivity index (χ0n) is 9.15.